The average Bonchev–Trinajstić information content (AvgIpc) is 2.34. The van der Waals surface area contributed by atoms with Gasteiger partial charge < -0.3 is 5.32 Å². The fourth-order valence-corrected chi connectivity index (χ4v) is 2.68. The van der Waals surface area contributed by atoms with Gasteiger partial charge in [-0.2, -0.15) is 0 Å². The van der Waals surface area contributed by atoms with E-state index in [1.54, 1.807) is 24.3 Å². The Bertz CT molecular complexity index is 491. The van der Waals surface area contributed by atoms with Gasteiger partial charge in [0.05, 0.1) is 10.6 Å². The van der Waals surface area contributed by atoms with Crippen LogP contribution in [0.5, 0.6) is 0 Å². The summed E-state index contributed by atoms with van der Waals surface area (Å²) in [6, 6.07) is 6.66. The second-order valence-electron chi connectivity index (χ2n) is 4.23. The van der Waals surface area contributed by atoms with E-state index in [0.29, 0.717) is 6.54 Å². The number of hydrogen-bond acceptors (Lipinski definition) is 3. The zero-order valence-corrected chi connectivity index (χ0v) is 11.6. The number of nitrogens with one attached hydrogen (secondary N) is 1. The van der Waals surface area contributed by atoms with Crippen LogP contribution in [-0.2, 0) is 14.6 Å². The largest absolute Gasteiger partial charge is 0.356 e. The smallest absolute Gasteiger partial charge is 0.221 e. The Kier molecular flexibility index (Phi) is 5.34. The van der Waals surface area contributed by atoms with Crippen LogP contribution in [0.25, 0.3) is 0 Å². The van der Waals surface area contributed by atoms with E-state index in [1.165, 1.54) is 0 Å². The molecule has 0 aliphatic heterocycles. The fourth-order valence-electron chi connectivity index (χ4n) is 1.44. The van der Waals surface area contributed by atoms with Crippen molar-refractivity contribution in [3.63, 3.8) is 0 Å². The first-order valence-corrected chi connectivity index (χ1v) is 7.67. The molecule has 0 unspecified atom stereocenters. The van der Waals surface area contributed by atoms with Crippen molar-refractivity contribution >= 4 is 15.7 Å². The van der Waals surface area contributed by atoms with Crippen LogP contribution in [0, 0.1) is 6.92 Å². The highest BCUT2D eigenvalue weighted by Crippen LogP contribution is 2.12. The molecule has 0 saturated carbocycles. The molecule has 1 amide bonds. The molecule has 0 fully saturated rings. The Morgan fingerprint density at radius 3 is 2.39 bits per heavy atom. The molecule has 0 radical (unpaired) electrons. The Morgan fingerprint density at radius 2 is 1.83 bits per heavy atom. The third kappa shape index (κ3) is 4.49. The van der Waals surface area contributed by atoms with Gasteiger partial charge in [0.25, 0.3) is 0 Å². The SMILES string of the molecule is CCCNC(=O)CCS(=O)(=O)c1ccc(C)cc1. The molecule has 1 rings (SSSR count). The number of carbonyl (C=O) groups is 1. The number of sulfone groups is 1. The van der Waals surface area contributed by atoms with Crippen LogP contribution in [0.1, 0.15) is 25.3 Å². The second kappa shape index (κ2) is 6.54. The molecule has 100 valence electrons. The molecular weight excluding hydrogens is 250 g/mol. The van der Waals surface area contributed by atoms with Gasteiger partial charge in [-0.15, -0.1) is 0 Å². The summed E-state index contributed by atoms with van der Waals surface area (Å²) in [5.74, 6) is -0.362. The zero-order valence-electron chi connectivity index (χ0n) is 10.8. The van der Waals surface area contributed by atoms with E-state index in [1.807, 2.05) is 13.8 Å². The van der Waals surface area contributed by atoms with Crippen LogP contribution in [0.2, 0.25) is 0 Å². The van der Waals surface area contributed by atoms with Gasteiger partial charge in [-0.25, -0.2) is 8.42 Å². The van der Waals surface area contributed by atoms with Crippen LogP contribution in [0.4, 0.5) is 0 Å². The molecule has 0 bridgehead atoms. The molecule has 5 heteroatoms. The van der Waals surface area contributed by atoms with E-state index in [4.69, 9.17) is 0 Å². The summed E-state index contributed by atoms with van der Waals surface area (Å²) in [6.07, 6.45) is 0.854. The van der Waals surface area contributed by atoms with Crippen molar-refractivity contribution < 1.29 is 13.2 Å². The van der Waals surface area contributed by atoms with Crippen molar-refractivity contribution in [1.82, 2.24) is 5.32 Å². The number of benzene rings is 1. The van der Waals surface area contributed by atoms with Gasteiger partial charge in [0, 0.05) is 13.0 Å². The number of carbonyl (C=O) groups excluding carboxylic acids is 1. The molecule has 1 aromatic carbocycles. The second-order valence-corrected chi connectivity index (χ2v) is 6.34. The van der Waals surface area contributed by atoms with Crippen molar-refractivity contribution in [2.75, 3.05) is 12.3 Å². The molecule has 18 heavy (non-hydrogen) atoms. The molecule has 1 N–H and O–H groups in total. The average molecular weight is 269 g/mol. The predicted octanol–water partition coefficient (Wildman–Crippen LogP) is 1.69. The minimum absolute atomic E-state index is 0.0101. The summed E-state index contributed by atoms with van der Waals surface area (Å²) in [5.41, 5.74) is 1.01. The molecule has 0 aliphatic rings. The van der Waals surface area contributed by atoms with Gasteiger partial charge in [0.15, 0.2) is 9.84 Å². The first kappa shape index (κ1) is 14.7. The third-order valence-corrected chi connectivity index (χ3v) is 4.28. The van der Waals surface area contributed by atoms with E-state index in [2.05, 4.69) is 5.32 Å². The normalized spacial score (nSPS) is 11.2. The molecule has 1 aromatic rings. The summed E-state index contributed by atoms with van der Waals surface area (Å²) in [5, 5.41) is 2.66. The first-order valence-electron chi connectivity index (χ1n) is 6.02. The molecule has 0 spiro atoms. The van der Waals surface area contributed by atoms with Gasteiger partial charge in [0.2, 0.25) is 5.91 Å². The molecule has 0 atom stereocenters. The Morgan fingerprint density at radius 1 is 1.22 bits per heavy atom. The van der Waals surface area contributed by atoms with Gasteiger partial charge in [0.1, 0.15) is 0 Å². The fraction of sp³-hybridized carbons (Fsp3) is 0.462. The number of amides is 1. The minimum atomic E-state index is -3.36. The summed E-state index contributed by atoms with van der Waals surface area (Å²) < 4.78 is 23.9. The predicted molar refractivity (Wildman–Crippen MR) is 71.1 cm³/mol. The summed E-state index contributed by atoms with van der Waals surface area (Å²) in [4.78, 5) is 11.6. The molecular formula is C13H19NO3S. The third-order valence-electron chi connectivity index (χ3n) is 2.55. The van der Waals surface area contributed by atoms with Crippen molar-refractivity contribution in [3.05, 3.63) is 29.8 Å². The quantitative estimate of drug-likeness (QED) is 0.854. The lowest BCUT2D eigenvalue weighted by molar-refractivity contribution is -0.120. The molecule has 0 aliphatic carbocycles. The van der Waals surface area contributed by atoms with E-state index in [-0.39, 0.29) is 23.0 Å². The van der Waals surface area contributed by atoms with Gasteiger partial charge in [-0.3, -0.25) is 4.79 Å². The topological polar surface area (TPSA) is 63.2 Å². The zero-order chi connectivity index (χ0) is 13.6. The van der Waals surface area contributed by atoms with Crippen molar-refractivity contribution in [3.8, 4) is 0 Å². The molecule has 0 aromatic heterocycles. The van der Waals surface area contributed by atoms with Crippen molar-refractivity contribution in [2.24, 2.45) is 0 Å². The Balaban J connectivity index is 2.60. The molecule has 0 heterocycles. The van der Waals surface area contributed by atoms with Crippen molar-refractivity contribution in [1.29, 1.82) is 0 Å². The number of hydrogen-bond donors (Lipinski definition) is 1. The van der Waals surface area contributed by atoms with Crippen LogP contribution < -0.4 is 5.32 Å². The van der Waals surface area contributed by atoms with Crippen LogP contribution in [0.3, 0.4) is 0 Å². The lowest BCUT2D eigenvalue weighted by atomic mass is 10.2. The highest BCUT2D eigenvalue weighted by Gasteiger charge is 2.15. The maximum atomic E-state index is 11.9. The Hall–Kier alpha value is -1.36. The number of rotatable bonds is 6. The van der Waals surface area contributed by atoms with Gasteiger partial charge >= 0.3 is 0 Å². The minimum Gasteiger partial charge on any atom is -0.356 e. The monoisotopic (exact) mass is 269 g/mol. The molecule has 0 saturated heterocycles. The van der Waals surface area contributed by atoms with Crippen LogP contribution in [0.15, 0.2) is 29.2 Å². The van der Waals surface area contributed by atoms with Crippen LogP contribution in [-0.4, -0.2) is 26.6 Å². The standard InChI is InChI=1S/C13H19NO3S/c1-3-9-14-13(15)8-10-18(16,17)12-6-4-11(2)5-7-12/h4-7H,3,8-10H2,1-2H3,(H,14,15). The van der Waals surface area contributed by atoms with E-state index >= 15 is 0 Å². The van der Waals surface area contributed by atoms with Gasteiger partial charge in [-0.05, 0) is 25.5 Å². The molecule has 4 nitrogen and oxygen atoms in total. The Labute approximate surface area is 108 Å². The van der Waals surface area contributed by atoms with Crippen LogP contribution >= 0.6 is 0 Å². The highest BCUT2D eigenvalue weighted by atomic mass is 32.2. The lowest BCUT2D eigenvalue weighted by Gasteiger charge is -2.05. The van der Waals surface area contributed by atoms with E-state index in [0.717, 1.165) is 12.0 Å². The van der Waals surface area contributed by atoms with Crippen molar-refractivity contribution in [2.45, 2.75) is 31.6 Å². The van der Waals surface area contributed by atoms with E-state index < -0.39 is 9.84 Å². The maximum Gasteiger partial charge on any atom is 0.221 e. The maximum absolute atomic E-state index is 11.9. The first-order chi connectivity index (χ1) is 8.45. The summed E-state index contributed by atoms with van der Waals surface area (Å²) in [7, 11) is -3.36. The summed E-state index contributed by atoms with van der Waals surface area (Å²) in [6.45, 7) is 4.43. The highest BCUT2D eigenvalue weighted by molar-refractivity contribution is 7.91. The number of aryl methyl sites for hydroxylation is 1. The van der Waals surface area contributed by atoms with Gasteiger partial charge in [-0.1, -0.05) is 24.6 Å². The summed E-state index contributed by atoms with van der Waals surface area (Å²) >= 11 is 0. The van der Waals surface area contributed by atoms with E-state index in [9.17, 15) is 13.2 Å². The lowest BCUT2D eigenvalue weighted by Crippen LogP contribution is -2.26.